The van der Waals surface area contributed by atoms with E-state index in [-0.39, 0.29) is 17.5 Å². The minimum atomic E-state index is -1.11. The van der Waals surface area contributed by atoms with Gasteiger partial charge < -0.3 is 10.5 Å². The average molecular weight is 354 g/mol. The van der Waals surface area contributed by atoms with Gasteiger partial charge in [-0.15, -0.1) is 0 Å². The van der Waals surface area contributed by atoms with Gasteiger partial charge in [0.15, 0.2) is 5.78 Å². The number of nitrogens with two attached hydrogens (primary N) is 1. The first kappa shape index (κ1) is 18.1. The minimum Gasteiger partial charge on any atom is -0.497 e. The molecular weight excluding hydrogens is 331 g/mol. The number of ether oxygens (including phenoxy) is 1. The molecule has 1 aliphatic heterocycles. The second-order valence-electron chi connectivity index (χ2n) is 6.91. The number of amidine groups is 1. The minimum absolute atomic E-state index is 0.00107. The average Bonchev–Trinajstić information content (AvgIpc) is 2.74. The van der Waals surface area contributed by atoms with E-state index < -0.39 is 5.54 Å². The van der Waals surface area contributed by atoms with E-state index in [0.29, 0.717) is 41.1 Å². The summed E-state index contributed by atoms with van der Waals surface area (Å²) in [5.41, 5.74) is 6.61. The van der Waals surface area contributed by atoms with E-state index in [2.05, 4.69) is 4.99 Å². The van der Waals surface area contributed by atoms with Crippen LogP contribution < -0.4 is 10.5 Å². The van der Waals surface area contributed by atoms with Crippen LogP contribution in [0.25, 0.3) is 11.1 Å². The number of hydrogen-bond donors (Lipinski definition) is 1. The molecule has 1 aliphatic rings. The van der Waals surface area contributed by atoms with Gasteiger partial charge in [-0.2, -0.15) is 0 Å². The number of halogens is 1. The molecule has 0 bridgehead atoms. The molecule has 0 amide bonds. The molecule has 0 fully saturated rings. The topological polar surface area (TPSA) is 64.7 Å². The molecule has 26 heavy (non-hydrogen) atoms. The fourth-order valence-corrected chi connectivity index (χ4v) is 3.42. The molecule has 5 heteroatoms. The molecule has 0 aromatic heterocycles. The molecule has 0 saturated carbocycles. The molecule has 2 N–H and O–H groups in total. The Bertz CT molecular complexity index is 878. The van der Waals surface area contributed by atoms with Gasteiger partial charge in [0.05, 0.1) is 12.9 Å². The quantitative estimate of drug-likeness (QED) is 0.903. The SMILES string of the molecule is COc1cccc(-c2cc(C3(C)N=C(N)CCC(C)C3=O)ccc2F)c1. The second-order valence-corrected chi connectivity index (χ2v) is 6.91. The van der Waals surface area contributed by atoms with Crippen LogP contribution in [0.3, 0.4) is 0 Å². The van der Waals surface area contributed by atoms with Crippen LogP contribution in [-0.2, 0) is 10.3 Å². The van der Waals surface area contributed by atoms with E-state index in [1.807, 2.05) is 13.0 Å². The number of hydrogen-bond acceptors (Lipinski definition) is 4. The number of nitrogens with zero attached hydrogens (tertiary/aromatic N) is 1. The predicted octanol–water partition coefficient (Wildman–Crippen LogP) is 4.07. The Labute approximate surface area is 152 Å². The normalized spacial score (nSPS) is 23.3. The standard InChI is InChI=1S/C21H23FN2O2/c1-13-7-10-19(23)24-21(2,20(13)25)15-8-9-18(22)17(12-15)14-5-4-6-16(11-14)26-3/h4-6,8-9,11-13H,7,10H2,1-3H3,(H2,23,24). The Balaban J connectivity index is 2.14. The van der Waals surface area contributed by atoms with E-state index in [4.69, 9.17) is 10.5 Å². The third-order valence-electron chi connectivity index (χ3n) is 5.04. The summed E-state index contributed by atoms with van der Waals surface area (Å²) in [5, 5.41) is 0. The van der Waals surface area contributed by atoms with Gasteiger partial charge in [-0.25, -0.2) is 4.39 Å². The molecule has 0 aliphatic carbocycles. The number of carbonyl (C=O) groups is 1. The van der Waals surface area contributed by atoms with E-state index in [9.17, 15) is 9.18 Å². The van der Waals surface area contributed by atoms with Gasteiger partial charge >= 0.3 is 0 Å². The molecule has 136 valence electrons. The van der Waals surface area contributed by atoms with E-state index >= 15 is 0 Å². The largest absolute Gasteiger partial charge is 0.497 e. The lowest BCUT2D eigenvalue weighted by molar-refractivity contribution is -0.127. The highest BCUT2D eigenvalue weighted by Crippen LogP contribution is 2.36. The third-order valence-corrected chi connectivity index (χ3v) is 5.04. The van der Waals surface area contributed by atoms with Crippen LogP contribution in [0.15, 0.2) is 47.5 Å². The van der Waals surface area contributed by atoms with Gasteiger partial charge in [-0.3, -0.25) is 9.79 Å². The molecule has 1 heterocycles. The lowest BCUT2D eigenvalue weighted by Gasteiger charge is -2.26. The van der Waals surface area contributed by atoms with Crippen molar-refractivity contribution >= 4 is 11.6 Å². The third kappa shape index (κ3) is 3.21. The van der Waals surface area contributed by atoms with Gasteiger partial charge in [-0.1, -0.05) is 25.1 Å². The number of aliphatic imine (C=N–C) groups is 1. The first-order chi connectivity index (χ1) is 12.3. The summed E-state index contributed by atoms with van der Waals surface area (Å²) in [5.74, 6) is 0.574. The molecule has 0 saturated heterocycles. The Morgan fingerprint density at radius 2 is 2.04 bits per heavy atom. The Kier molecular flexibility index (Phi) is 4.81. The van der Waals surface area contributed by atoms with Gasteiger partial charge in [0.1, 0.15) is 17.1 Å². The van der Waals surface area contributed by atoms with Crippen molar-refractivity contribution in [1.82, 2.24) is 0 Å². The monoisotopic (exact) mass is 354 g/mol. The Hall–Kier alpha value is -2.69. The maximum Gasteiger partial charge on any atom is 0.167 e. The molecular formula is C21H23FN2O2. The fourth-order valence-electron chi connectivity index (χ4n) is 3.42. The smallest absolute Gasteiger partial charge is 0.167 e. The predicted molar refractivity (Wildman–Crippen MR) is 101 cm³/mol. The Morgan fingerprint density at radius 3 is 2.77 bits per heavy atom. The van der Waals surface area contributed by atoms with Crippen molar-refractivity contribution in [2.75, 3.05) is 7.11 Å². The Morgan fingerprint density at radius 1 is 1.27 bits per heavy atom. The summed E-state index contributed by atoms with van der Waals surface area (Å²) in [6.07, 6.45) is 1.26. The van der Waals surface area contributed by atoms with E-state index in [1.165, 1.54) is 6.07 Å². The van der Waals surface area contributed by atoms with Gasteiger partial charge in [-0.05, 0) is 48.7 Å². The van der Waals surface area contributed by atoms with E-state index in [1.54, 1.807) is 44.4 Å². The van der Waals surface area contributed by atoms with Crippen molar-refractivity contribution in [2.24, 2.45) is 16.6 Å². The number of Topliss-reactive ketones (excluding diaryl/α,β-unsaturated/α-hetero) is 1. The summed E-state index contributed by atoms with van der Waals surface area (Å²) >= 11 is 0. The molecule has 2 unspecified atom stereocenters. The van der Waals surface area contributed by atoms with Crippen LogP contribution in [0.1, 0.15) is 32.3 Å². The fraction of sp³-hybridized carbons (Fsp3) is 0.333. The molecule has 3 rings (SSSR count). The van der Waals surface area contributed by atoms with Crippen LogP contribution >= 0.6 is 0 Å². The molecule has 2 aromatic rings. The summed E-state index contributed by atoms with van der Waals surface area (Å²) < 4.78 is 19.8. The summed E-state index contributed by atoms with van der Waals surface area (Å²) in [6.45, 7) is 3.65. The van der Waals surface area contributed by atoms with Gasteiger partial charge in [0, 0.05) is 17.9 Å². The number of ketones is 1. The number of methoxy groups -OCH3 is 1. The van der Waals surface area contributed by atoms with Crippen molar-refractivity contribution in [3.8, 4) is 16.9 Å². The van der Waals surface area contributed by atoms with Crippen molar-refractivity contribution in [3.63, 3.8) is 0 Å². The maximum atomic E-state index is 14.5. The lowest BCUT2D eigenvalue weighted by Crippen LogP contribution is -2.34. The molecule has 2 atom stereocenters. The van der Waals surface area contributed by atoms with Gasteiger partial charge in [0.25, 0.3) is 0 Å². The lowest BCUT2D eigenvalue weighted by atomic mass is 9.81. The molecule has 0 radical (unpaired) electrons. The van der Waals surface area contributed by atoms with E-state index in [0.717, 1.165) is 0 Å². The number of benzene rings is 2. The van der Waals surface area contributed by atoms with Gasteiger partial charge in [0.2, 0.25) is 0 Å². The zero-order chi connectivity index (χ0) is 18.9. The molecule has 4 nitrogen and oxygen atoms in total. The number of rotatable bonds is 3. The van der Waals surface area contributed by atoms with Crippen LogP contribution in [0, 0.1) is 11.7 Å². The number of carbonyl (C=O) groups excluding carboxylic acids is 1. The second kappa shape index (κ2) is 6.90. The van der Waals surface area contributed by atoms with Crippen molar-refractivity contribution < 1.29 is 13.9 Å². The first-order valence-electron chi connectivity index (χ1n) is 8.68. The van der Waals surface area contributed by atoms with Crippen LogP contribution in [0.5, 0.6) is 5.75 Å². The molecule has 0 spiro atoms. The highest BCUT2D eigenvalue weighted by Gasteiger charge is 2.39. The maximum absolute atomic E-state index is 14.5. The van der Waals surface area contributed by atoms with Crippen LogP contribution in [0.4, 0.5) is 4.39 Å². The van der Waals surface area contributed by atoms with Crippen LogP contribution in [0.2, 0.25) is 0 Å². The zero-order valence-electron chi connectivity index (χ0n) is 15.3. The summed E-state index contributed by atoms with van der Waals surface area (Å²) in [6, 6.07) is 11.9. The first-order valence-corrected chi connectivity index (χ1v) is 8.68. The van der Waals surface area contributed by atoms with Crippen molar-refractivity contribution in [3.05, 3.63) is 53.8 Å². The summed E-state index contributed by atoms with van der Waals surface area (Å²) in [7, 11) is 1.57. The summed E-state index contributed by atoms with van der Waals surface area (Å²) in [4.78, 5) is 17.5. The van der Waals surface area contributed by atoms with Crippen molar-refractivity contribution in [1.29, 1.82) is 0 Å². The highest BCUT2D eigenvalue weighted by atomic mass is 19.1. The zero-order valence-corrected chi connectivity index (χ0v) is 15.3. The highest BCUT2D eigenvalue weighted by molar-refractivity contribution is 5.96. The van der Waals surface area contributed by atoms with Crippen LogP contribution in [-0.4, -0.2) is 18.7 Å². The van der Waals surface area contributed by atoms with Crippen molar-refractivity contribution in [2.45, 2.75) is 32.2 Å². The molecule has 2 aromatic carbocycles.